The number of hydrogen-bond donors (Lipinski definition) is 1. The molecule has 1 heterocycles. The molecule has 1 N–H and O–H groups in total. The largest absolute Gasteiger partial charge is 0.396 e. The Morgan fingerprint density at radius 2 is 1.93 bits per heavy atom. The van der Waals surface area contributed by atoms with E-state index in [1.165, 1.54) is 32.1 Å². The Labute approximate surface area is 87.3 Å². The highest BCUT2D eigenvalue weighted by Gasteiger charge is 2.41. The van der Waals surface area contributed by atoms with Gasteiger partial charge in [-0.15, -0.1) is 0 Å². The first-order chi connectivity index (χ1) is 6.63. The van der Waals surface area contributed by atoms with E-state index in [1.54, 1.807) is 0 Å². The van der Waals surface area contributed by atoms with E-state index in [2.05, 4.69) is 18.7 Å². The lowest BCUT2D eigenvalue weighted by atomic mass is 9.96. The molecule has 1 saturated carbocycles. The van der Waals surface area contributed by atoms with Gasteiger partial charge in [-0.3, -0.25) is 4.90 Å². The third-order valence-electron chi connectivity index (χ3n) is 4.04. The van der Waals surface area contributed by atoms with Crippen LogP contribution in [0.4, 0.5) is 0 Å². The van der Waals surface area contributed by atoms with Crippen LogP contribution in [0.1, 0.15) is 46.0 Å². The van der Waals surface area contributed by atoms with Crippen molar-refractivity contribution in [2.75, 3.05) is 13.2 Å². The topological polar surface area (TPSA) is 23.5 Å². The maximum Gasteiger partial charge on any atom is 0.0472 e. The Balaban J connectivity index is 2.03. The van der Waals surface area contributed by atoms with Crippen molar-refractivity contribution < 1.29 is 5.11 Å². The van der Waals surface area contributed by atoms with Crippen molar-refractivity contribution in [3.63, 3.8) is 0 Å². The van der Waals surface area contributed by atoms with E-state index in [9.17, 15) is 5.11 Å². The van der Waals surface area contributed by atoms with E-state index in [1.807, 2.05) is 0 Å². The first kappa shape index (κ1) is 10.4. The second kappa shape index (κ2) is 3.82. The molecule has 0 aromatic carbocycles. The van der Waals surface area contributed by atoms with Crippen LogP contribution in [0.15, 0.2) is 0 Å². The summed E-state index contributed by atoms with van der Waals surface area (Å²) in [4.78, 5) is 2.65. The van der Waals surface area contributed by atoms with Gasteiger partial charge in [0.25, 0.3) is 0 Å². The van der Waals surface area contributed by atoms with Gasteiger partial charge in [-0.2, -0.15) is 0 Å². The monoisotopic (exact) mass is 197 g/mol. The predicted octanol–water partition coefficient (Wildman–Crippen LogP) is 2.02. The molecule has 0 bridgehead atoms. The minimum absolute atomic E-state index is 0.322. The number of aliphatic hydroxyl groups excluding tert-OH is 1. The summed E-state index contributed by atoms with van der Waals surface area (Å²) in [6.07, 6.45) is 6.73. The molecule has 2 fully saturated rings. The van der Waals surface area contributed by atoms with Gasteiger partial charge in [-0.1, -0.05) is 12.8 Å². The van der Waals surface area contributed by atoms with E-state index in [-0.39, 0.29) is 0 Å². The van der Waals surface area contributed by atoms with Crippen molar-refractivity contribution in [3.8, 4) is 0 Å². The minimum Gasteiger partial charge on any atom is -0.396 e. The smallest absolute Gasteiger partial charge is 0.0472 e. The molecular weight excluding hydrogens is 174 g/mol. The molecule has 0 amide bonds. The Morgan fingerprint density at radius 3 is 2.43 bits per heavy atom. The first-order valence-corrected chi connectivity index (χ1v) is 6.01. The summed E-state index contributed by atoms with van der Waals surface area (Å²) in [5, 5.41) is 9.23. The number of likely N-dealkylation sites (tertiary alicyclic amines) is 1. The fraction of sp³-hybridized carbons (Fsp3) is 1.00. The predicted molar refractivity (Wildman–Crippen MR) is 58.2 cm³/mol. The van der Waals surface area contributed by atoms with Crippen LogP contribution >= 0.6 is 0 Å². The molecule has 1 saturated heterocycles. The average Bonchev–Trinajstić information content (AvgIpc) is 2.70. The van der Waals surface area contributed by atoms with Gasteiger partial charge >= 0.3 is 0 Å². The van der Waals surface area contributed by atoms with E-state index in [4.69, 9.17) is 0 Å². The standard InChI is InChI=1S/C12H23NO/c1-12(2)7-10(9-14)8-13(12)11-5-3-4-6-11/h10-11,14H,3-9H2,1-2H3. The van der Waals surface area contributed by atoms with Crippen LogP contribution in [-0.4, -0.2) is 34.7 Å². The maximum absolute atomic E-state index is 9.23. The third kappa shape index (κ3) is 1.82. The lowest BCUT2D eigenvalue weighted by molar-refractivity contribution is 0.116. The molecule has 82 valence electrons. The second-order valence-corrected chi connectivity index (χ2v) is 5.66. The molecule has 1 unspecified atom stereocenters. The Hall–Kier alpha value is -0.0800. The van der Waals surface area contributed by atoms with Crippen LogP contribution in [-0.2, 0) is 0 Å². The van der Waals surface area contributed by atoms with Gasteiger partial charge in [-0.25, -0.2) is 0 Å². The molecule has 14 heavy (non-hydrogen) atoms. The highest BCUT2D eigenvalue weighted by molar-refractivity contribution is 4.96. The van der Waals surface area contributed by atoms with E-state index in [0.29, 0.717) is 18.1 Å². The molecule has 2 nitrogen and oxygen atoms in total. The van der Waals surface area contributed by atoms with E-state index < -0.39 is 0 Å². The van der Waals surface area contributed by atoms with Gasteiger partial charge in [0.2, 0.25) is 0 Å². The van der Waals surface area contributed by atoms with Crippen LogP contribution in [0.25, 0.3) is 0 Å². The first-order valence-electron chi connectivity index (χ1n) is 6.01. The molecule has 0 radical (unpaired) electrons. The van der Waals surface area contributed by atoms with E-state index in [0.717, 1.165) is 12.6 Å². The normalized spacial score (nSPS) is 34.1. The maximum atomic E-state index is 9.23. The summed E-state index contributed by atoms with van der Waals surface area (Å²) >= 11 is 0. The fourth-order valence-electron chi connectivity index (χ4n) is 3.40. The van der Waals surface area contributed by atoms with Gasteiger partial charge in [0.05, 0.1) is 0 Å². The molecule has 1 aliphatic heterocycles. The van der Waals surface area contributed by atoms with Crippen molar-refractivity contribution in [2.45, 2.75) is 57.5 Å². The molecule has 2 heteroatoms. The SMILES string of the molecule is CC1(C)CC(CO)CN1C1CCCC1. The molecule has 2 rings (SSSR count). The molecule has 2 aliphatic rings. The third-order valence-corrected chi connectivity index (χ3v) is 4.04. The second-order valence-electron chi connectivity index (χ2n) is 5.66. The van der Waals surface area contributed by atoms with Gasteiger partial charge in [0.15, 0.2) is 0 Å². The van der Waals surface area contributed by atoms with Crippen molar-refractivity contribution in [1.29, 1.82) is 0 Å². The fourth-order valence-corrected chi connectivity index (χ4v) is 3.40. The summed E-state index contributed by atoms with van der Waals surface area (Å²) in [6.45, 7) is 6.16. The number of nitrogens with zero attached hydrogens (tertiary/aromatic N) is 1. The lowest BCUT2D eigenvalue weighted by Gasteiger charge is -2.36. The average molecular weight is 197 g/mol. The van der Waals surface area contributed by atoms with Crippen molar-refractivity contribution >= 4 is 0 Å². The zero-order valence-corrected chi connectivity index (χ0v) is 9.50. The zero-order chi connectivity index (χ0) is 10.2. The summed E-state index contributed by atoms with van der Waals surface area (Å²) < 4.78 is 0. The molecule has 0 aromatic heterocycles. The molecular formula is C12H23NO. The highest BCUT2D eigenvalue weighted by Crippen LogP contribution is 2.38. The van der Waals surface area contributed by atoms with Crippen molar-refractivity contribution in [3.05, 3.63) is 0 Å². The molecule has 0 spiro atoms. The van der Waals surface area contributed by atoms with Crippen LogP contribution in [0.2, 0.25) is 0 Å². The number of aliphatic hydroxyl groups is 1. The van der Waals surface area contributed by atoms with Crippen LogP contribution in [0.3, 0.4) is 0 Å². The summed E-state index contributed by atoms with van der Waals surface area (Å²) in [6, 6.07) is 0.807. The molecule has 1 aliphatic carbocycles. The summed E-state index contributed by atoms with van der Waals surface area (Å²) in [5.74, 6) is 0.519. The Bertz CT molecular complexity index is 196. The van der Waals surface area contributed by atoms with Crippen LogP contribution in [0, 0.1) is 5.92 Å². The molecule has 1 atom stereocenters. The van der Waals surface area contributed by atoms with E-state index >= 15 is 0 Å². The summed E-state index contributed by atoms with van der Waals surface area (Å²) in [7, 11) is 0. The molecule has 0 aromatic rings. The summed E-state index contributed by atoms with van der Waals surface area (Å²) in [5.41, 5.74) is 0.322. The Morgan fingerprint density at radius 1 is 1.29 bits per heavy atom. The number of hydrogen-bond acceptors (Lipinski definition) is 2. The van der Waals surface area contributed by atoms with Gasteiger partial charge in [-0.05, 0) is 39.0 Å². The van der Waals surface area contributed by atoms with Crippen LogP contribution in [0.5, 0.6) is 0 Å². The zero-order valence-electron chi connectivity index (χ0n) is 9.50. The minimum atomic E-state index is 0.322. The quantitative estimate of drug-likeness (QED) is 0.732. The Kier molecular flexibility index (Phi) is 2.85. The van der Waals surface area contributed by atoms with Gasteiger partial charge < -0.3 is 5.11 Å². The lowest BCUT2D eigenvalue weighted by Crippen LogP contribution is -2.44. The van der Waals surface area contributed by atoms with Gasteiger partial charge in [0, 0.05) is 24.7 Å². The van der Waals surface area contributed by atoms with Crippen molar-refractivity contribution in [2.24, 2.45) is 5.92 Å². The highest BCUT2D eigenvalue weighted by atomic mass is 16.3. The van der Waals surface area contributed by atoms with Crippen LogP contribution < -0.4 is 0 Å². The number of rotatable bonds is 2. The van der Waals surface area contributed by atoms with Gasteiger partial charge in [0.1, 0.15) is 0 Å². The van der Waals surface area contributed by atoms with Crippen molar-refractivity contribution in [1.82, 2.24) is 4.90 Å².